The summed E-state index contributed by atoms with van der Waals surface area (Å²) in [5.74, 6) is -0.231. The lowest BCUT2D eigenvalue weighted by Crippen LogP contribution is -1.93. The molecule has 0 aromatic heterocycles. The van der Waals surface area contributed by atoms with Gasteiger partial charge in [-0.05, 0) is 71.1 Å². The van der Waals surface area contributed by atoms with E-state index in [0.29, 0.717) is 5.56 Å². The van der Waals surface area contributed by atoms with Crippen LogP contribution >= 0.6 is 0 Å². The van der Waals surface area contributed by atoms with E-state index >= 15 is 0 Å². The summed E-state index contributed by atoms with van der Waals surface area (Å²) in [7, 11) is 0. The van der Waals surface area contributed by atoms with E-state index in [1.54, 1.807) is 0 Å². The zero-order chi connectivity index (χ0) is 15.0. The fourth-order valence-corrected chi connectivity index (χ4v) is 2.95. The number of benzene rings is 3. The summed E-state index contributed by atoms with van der Waals surface area (Å²) < 4.78 is 13.5. The summed E-state index contributed by atoms with van der Waals surface area (Å²) in [6, 6.07) is 14.8. The predicted octanol–water partition coefficient (Wildman–Crippen LogP) is 5.08. The molecule has 0 spiro atoms. The molecular formula is C19H15FO. The van der Waals surface area contributed by atoms with Crippen LogP contribution in [0.3, 0.4) is 0 Å². The van der Waals surface area contributed by atoms with E-state index in [1.165, 1.54) is 12.1 Å². The number of carbonyl (C=O) groups is 1. The Balaban J connectivity index is 2.34. The SMILES string of the molecule is Cc1cc(F)cc(C)c1-c1cc(C=O)c2ccccc2c1. The second-order valence-electron chi connectivity index (χ2n) is 5.32. The van der Waals surface area contributed by atoms with Crippen LogP contribution in [0.15, 0.2) is 48.5 Å². The Hall–Kier alpha value is -2.48. The minimum atomic E-state index is -0.231. The molecule has 0 bridgehead atoms. The monoisotopic (exact) mass is 278 g/mol. The smallest absolute Gasteiger partial charge is 0.150 e. The number of aryl methyl sites for hydroxylation is 2. The predicted molar refractivity (Wildman–Crippen MR) is 84.2 cm³/mol. The zero-order valence-electron chi connectivity index (χ0n) is 12.0. The number of fused-ring (bicyclic) bond motifs is 1. The van der Waals surface area contributed by atoms with Crippen LogP contribution in [0.1, 0.15) is 21.5 Å². The van der Waals surface area contributed by atoms with Gasteiger partial charge in [-0.15, -0.1) is 0 Å². The number of hydrogen-bond donors (Lipinski definition) is 0. The Morgan fingerprint density at radius 3 is 2.29 bits per heavy atom. The molecule has 21 heavy (non-hydrogen) atoms. The molecule has 2 heteroatoms. The molecule has 0 atom stereocenters. The van der Waals surface area contributed by atoms with Gasteiger partial charge < -0.3 is 0 Å². The van der Waals surface area contributed by atoms with Crippen molar-refractivity contribution < 1.29 is 9.18 Å². The maximum Gasteiger partial charge on any atom is 0.150 e. The molecule has 3 aromatic carbocycles. The molecule has 0 fully saturated rings. The van der Waals surface area contributed by atoms with Gasteiger partial charge in [-0.25, -0.2) is 4.39 Å². The fraction of sp³-hybridized carbons (Fsp3) is 0.105. The zero-order valence-corrected chi connectivity index (χ0v) is 12.0. The third-order valence-corrected chi connectivity index (χ3v) is 3.81. The molecule has 0 aliphatic rings. The van der Waals surface area contributed by atoms with Crippen molar-refractivity contribution in [3.8, 4) is 11.1 Å². The quantitative estimate of drug-likeness (QED) is 0.598. The average Bonchev–Trinajstić information content (AvgIpc) is 2.45. The van der Waals surface area contributed by atoms with Crippen molar-refractivity contribution in [2.75, 3.05) is 0 Å². The van der Waals surface area contributed by atoms with Crippen molar-refractivity contribution in [1.82, 2.24) is 0 Å². The van der Waals surface area contributed by atoms with Gasteiger partial charge in [-0.3, -0.25) is 4.79 Å². The molecule has 3 aromatic rings. The number of aldehydes is 1. The van der Waals surface area contributed by atoms with Crippen LogP contribution in [-0.2, 0) is 0 Å². The number of carbonyl (C=O) groups excluding carboxylic acids is 1. The number of rotatable bonds is 2. The van der Waals surface area contributed by atoms with Gasteiger partial charge >= 0.3 is 0 Å². The standard InChI is InChI=1S/C19H15FO/c1-12-7-17(20)8-13(2)19(12)15-9-14-5-3-4-6-18(14)16(10-15)11-21/h3-11H,1-2H3. The second-order valence-corrected chi connectivity index (χ2v) is 5.32. The highest BCUT2D eigenvalue weighted by molar-refractivity contribution is 6.01. The van der Waals surface area contributed by atoms with Crippen LogP contribution < -0.4 is 0 Å². The van der Waals surface area contributed by atoms with E-state index < -0.39 is 0 Å². The Bertz CT molecular complexity index is 826. The van der Waals surface area contributed by atoms with Crippen LogP contribution in [0.2, 0.25) is 0 Å². The topological polar surface area (TPSA) is 17.1 Å². The Morgan fingerprint density at radius 2 is 1.62 bits per heavy atom. The number of hydrogen-bond acceptors (Lipinski definition) is 1. The molecule has 0 N–H and O–H groups in total. The van der Waals surface area contributed by atoms with E-state index in [9.17, 15) is 9.18 Å². The van der Waals surface area contributed by atoms with E-state index in [1.807, 2.05) is 44.2 Å². The first-order chi connectivity index (χ1) is 10.1. The maximum absolute atomic E-state index is 13.5. The Kier molecular flexibility index (Phi) is 3.30. The van der Waals surface area contributed by atoms with Crippen LogP contribution in [0.4, 0.5) is 4.39 Å². The molecule has 0 radical (unpaired) electrons. The van der Waals surface area contributed by atoms with Gasteiger partial charge in [-0.2, -0.15) is 0 Å². The van der Waals surface area contributed by atoms with Gasteiger partial charge in [0.1, 0.15) is 5.82 Å². The first-order valence-electron chi connectivity index (χ1n) is 6.85. The van der Waals surface area contributed by atoms with Crippen molar-refractivity contribution >= 4 is 17.1 Å². The molecular weight excluding hydrogens is 263 g/mol. The first-order valence-corrected chi connectivity index (χ1v) is 6.85. The molecule has 3 rings (SSSR count). The van der Waals surface area contributed by atoms with Crippen molar-refractivity contribution in [2.45, 2.75) is 13.8 Å². The molecule has 0 saturated heterocycles. The average molecular weight is 278 g/mol. The van der Waals surface area contributed by atoms with E-state index in [0.717, 1.165) is 39.3 Å². The minimum Gasteiger partial charge on any atom is -0.298 e. The lowest BCUT2D eigenvalue weighted by atomic mass is 9.92. The molecule has 0 unspecified atom stereocenters. The highest BCUT2D eigenvalue weighted by Crippen LogP contribution is 2.32. The minimum absolute atomic E-state index is 0.231. The highest BCUT2D eigenvalue weighted by Gasteiger charge is 2.11. The Labute approximate surface area is 123 Å². The van der Waals surface area contributed by atoms with Gasteiger partial charge in [0.15, 0.2) is 6.29 Å². The highest BCUT2D eigenvalue weighted by atomic mass is 19.1. The van der Waals surface area contributed by atoms with Crippen LogP contribution in [0.25, 0.3) is 21.9 Å². The summed E-state index contributed by atoms with van der Waals surface area (Å²) in [5.41, 5.74) is 4.35. The number of halogens is 1. The van der Waals surface area contributed by atoms with Gasteiger partial charge in [0.25, 0.3) is 0 Å². The molecule has 104 valence electrons. The second kappa shape index (κ2) is 5.13. The fourth-order valence-electron chi connectivity index (χ4n) is 2.95. The molecule has 0 aliphatic heterocycles. The summed E-state index contributed by atoms with van der Waals surface area (Å²) in [5, 5.41) is 1.95. The van der Waals surface area contributed by atoms with Gasteiger partial charge in [0.2, 0.25) is 0 Å². The van der Waals surface area contributed by atoms with Crippen LogP contribution in [0, 0.1) is 19.7 Å². The van der Waals surface area contributed by atoms with Crippen molar-refractivity contribution in [3.05, 3.63) is 71.0 Å². The summed E-state index contributed by atoms with van der Waals surface area (Å²) in [4.78, 5) is 11.4. The van der Waals surface area contributed by atoms with Crippen molar-refractivity contribution in [3.63, 3.8) is 0 Å². The van der Waals surface area contributed by atoms with Crippen LogP contribution in [0.5, 0.6) is 0 Å². The van der Waals surface area contributed by atoms with Crippen molar-refractivity contribution in [2.24, 2.45) is 0 Å². The summed E-state index contributed by atoms with van der Waals surface area (Å²) >= 11 is 0. The first kappa shape index (κ1) is 13.5. The molecule has 1 nitrogen and oxygen atoms in total. The third-order valence-electron chi connectivity index (χ3n) is 3.81. The Morgan fingerprint density at radius 1 is 0.952 bits per heavy atom. The summed E-state index contributed by atoms with van der Waals surface area (Å²) in [6.45, 7) is 3.78. The lowest BCUT2D eigenvalue weighted by molar-refractivity contribution is 0.112. The van der Waals surface area contributed by atoms with E-state index in [-0.39, 0.29) is 5.82 Å². The largest absolute Gasteiger partial charge is 0.298 e. The normalized spacial score (nSPS) is 10.8. The van der Waals surface area contributed by atoms with Gasteiger partial charge in [-0.1, -0.05) is 24.3 Å². The van der Waals surface area contributed by atoms with Crippen molar-refractivity contribution in [1.29, 1.82) is 0 Å². The molecule has 0 heterocycles. The lowest BCUT2D eigenvalue weighted by Gasteiger charge is -2.13. The molecule has 0 saturated carbocycles. The van der Waals surface area contributed by atoms with E-state index in [4.69, 9.17) is 0 Å². The molecule has 0 amide bonds. The maximum atomic E-state index is 13.5. The van der Waals surface area contributed by atoms with Gasteiger partial charge in [0.05, 0.1) is 0 Å². The molecule has 0 aliphatic carbocycles. The third kappa shape index (κ3) is 2.33. The van der Waals surface area contributed by atoms with Crippen LogP contribution in [-0.4, -0.2) is 6.29 Å². The van der Waals surface area contributed by atoms with E-state index in [2.05, 4.69) is 6.07 Å². The van der Waals surface area contributed by atoms with Gasteiger partial charge in [0, 0.05) is 5.56 Å². The summed E-state index contributed by atoms with van der Waals surface area (Å²) in [6.07, 6.45) is 0.875.